The van der Waals surface area contributed by atoms with Crippen LogP contribution in [0.25, 0.3) is 0 Å². The second-order valence-corrected chi connectivity index (χ2v) is 3.06. The number of aldehydes is 1. The number of hydrogen-bond donors (Lipinski definition) is 1. The summed E-state index contributed by atoms with van der Waals surface area (Å²) in [6.07, 6.45) is 2.92. The van der Waals surface area contributed by atoms with E-state index in [9.17, 15) is 9.59 Å². The number of rotatable bonds is 5. The first kappa shape index (κ1) is 10.4. The molecule has 0 bridgehead atoms. The van der Waals surface area contributed by atoms with Crippen molar-refractivity contribution in [2.24, 2.45) is 0 Å². The molecule has 3 nitrogen and oxygen atoms in total. The van der Waals surface area contributed by atoms with Gasteiger partial charge in [-0.1, -0.05) is 12.1 Å². The highest BCUT2D eigenvalue weighted by Gasteiger charge is 2.02. The standard InChI is InChI=1S/C11H12O3/c12-7-2-1-4-9-5-3-6-10(8-9)11(13)14/h3,5-8H,1-2,4H2,(H,13,14). The predicted molar refractivity (Wildman–Crippen MR) is 52.4 cm³/mol. The molecule has 1 aromatic rings. The number of unbranched alkanes of at least 4 members (excludes halogenated alkanes) is 1. The SMILES string of the molecule is O=CCCCc1cccc(C(=O)O)c1. The van der Waals surface area contributed by atoms with Gasteiger partial charge in [-0.3, -0.25) is 0 Å². The van der Waals surface area contributed by atoms with Crippen molar-refractivity contribution in [1.82, 2.24) is 0 Å². The number of aromatic carboxylic acids is 1. The summed E-state index contributed by atoms with van der Waals surface area (Å²) in [5.74, 6) is -0.915. The van der Waals surface area contributed by atoms with E-state index in [4.69, 9.17) is 5.11 Å². The second-order valence-electron chi connectivity index (χ2n) is 3.06. The first-order chi connectivity index (χ1) is 6.74. The molecule has 0 aliphatic carbocycles. The van der Waals surface area contributed by atoms with Gasteiger partial charge >= 0.3 is 5.97 Å². The molecule has 74 valence electrons. The van der Waals surface area contributed by atoms with Crippen LogP contribution < -0.4 is 0 Å². The van der Waals surface area contributed by atoms with Gasteiger partial charge in [0, 0.05) is 6.42 Å². The fraction of sp³-hybridized carbons (Fsp3) is 0.273. The topological polar surface area (TPSA) is 54.4 Å². The molecule has 0 aliphatic rings. The second kappa shape index (κ2) is 5.17. The average molecular weight is 192 g/mol. The average Bonchev–Trinajstić information content (AvgIpc) is 2.19. The highest BCUT2D eigenvalue weighted by Crippen LogP contribution is 2.08. The maximum atomic E-state index is 10.6. The molecule has 0 saturated carbocycles. The van der Waals surface area contributed by atoms with Gasteiger partial charge in [-0.25, -0.2) is 4.79 Å². The van der Waals surface area contributed by atoms with Crippen LogP contribution in [0, 0.1) is 0 Å². The summed E-state index contributed by atoms with van der Waals surface area (Å²) < 4.78 is 0. The Morgan fingerprint density at radius 1 is 1.43 bits per heavy atom. The predicted octanol–water partition coefficient (Wildman–Crippen LogP) is 1.91. The lowest BCUT2D eigenvalue weighted by Crippen LogP contribution is -1.97. The van der Waals surface area contributed by atoms with Gasteiger partial charge in [0.1, 0.15) is 6.29 Å². The molecule has 0 aliphatic heterocycles. The van der Waals surface area contributed by atoms with Crippen LogP contribution in [0.2, 0.25) is 0 Å². The van der Waals surface area contributed by atoms with E-state index < -0.39 is 5.97 Å². The van der Waals surface area contributed by atoms with E-state index in [-0.39, 0.29) is 0 Å². The first-order valence-corrected chi connectivity index (χ1v) is 4.50. The Hall–Kier alpha value is -1.64. The Bertz CT molecular complexity index is 331. The van der Waals surface area contributed by atoms with Gasteiger partial charge in [-0.2, -0.15) is 0 Å². The summed E-state index contributed by atoms with van der Waals surface area (Å²) in [7, 11) is 0. The van der Waals surface area contributed by atoms with Crippen LogP contribution in [-0.4, -0.2) is 17.4 Å². The number of carboxylic acid groups (broad SMARTS) is 1. The van der Waals surface area contributed by atoms with Crippen molar-refractivity contribution < 1.29 is 14.7 Å². The van der Waals surface area contributed by atoms with E-state index >= 15 is 0 Å². The van der Waals surface area contributed by atoms with E-state index in [1.54, 1.807) is 18.2 Å². The van der Waals surface area contributed by atoms with Gasteiger partial charge in [0.05, 0.1) is 5.56 Å². The largest absolute Gasteiger partial charge is 0.478 e. The van der Waals surface area contributed by atoms with Crippen molar-refractivity contribution >= 4 is 12.3 Å². The van der Waals surface area contributed by atoms with Crippen molar-refractivity contribution in [3.8, 4) is 0 Å². The quantitative estimate of drug-likeness (QED) is 0.572. The summed E-state index contributed by atoms with van der Waals surface area (Å²) in [6.45, 7) is 0. The van der Waals surface area contributed by atoms with Gasteiger partial charge in [0.25, 0.3) is 0 Å². The van der Waals surface area contributed by atoms with Gasteiger partial charge in [0.2, 0.25) is 0 Å². The molecular weight excluding hydrogens is 180 g/mol. The van der Waals surface area contributed by atoms with E-state index in [0.717, 1.165) is 24.7 Å². The van der Waals surface area contributed by atoms with E-state index in [1.807, 2.05) is 6.07 Å². The maximum absolute atomic E-state index is 10.6. The van der Waals surface area contributed by atoms with Crippen molar-refractivity contribution in [3.05, 3.63) is 35.4 Å². The zero-order chi connectivity index (χ0) is 10.4. The minimum Gasteiger partial charge on any atom is -0.478 e. The molecule has 0 heterocycles. The Morgan fingerprint density at radius 3 is 2.86 bits per heavy atom. The molecular formula is C11H12O3. The van der Waals surface area contributed by atoms with Gasteiger partial charge in [-0.05, 0) is 30.5 Å². The zero-order valence-electron chi connectivity index (χ0n) is 7.77. The summed E-state index contributed by atoms with van der Waals surface area (Å²) in [4.78, 5) is 20.7. The van der Waals surface area contributed by atoms with Crippen molar-refractivity contribution in [2.75, 3.05) is 0 Å². The van der Waals surface area contributed by atoms with Gasteiger partial charge in [-0.15, -0.1) is 0 Å². The number of aryl methyl sites for hydroxylation is 1. The van der Waals surface area contributed by atoms with Crippen LogP contribution in [0.15, 0.2) is 24.3 Å². The Balaban J connectivity index is 2.63. The van der Waals surface area contributed by atoms with Crippen LogP contribution in [0.1, 0.15) is 28.8 Å². The molecule has 14 heavy (non-hydrogen) atoms. The molecule has 1 aromatic carbocycles. The Morgan fingerprint density at radius 2 is 2.21 bits per heavy atom. The Labute approximate surface area is 82.4 Å². The summed E-state index contributed by atoms with van der Waals surface area (Å²) in [5, 5.41) is 8.72. The number of carboxylic acids is 1. The van der Waals surface area contributed by atoms with Crippen molar-refractivity contribution in [3.63, 3.8) is 0 Å². The van der Waals surface area contributed by atoms with Crippen molar-refractivity contribution in [2.45, 2.75) is 19.3 Å². The molecule has 0 fully saturated rings. The maximum Gasteiger partial charge on any atom is 0.335 e. The molecule has 0 atom stereocenters. The van der Waals surface area contributed by atoms with E-state index in [2.05, 4.69) is 0 Å². The molecule has 0 saturated heterocycles. The van der Waals surface area contributed by atoms with E-state index in [0.29, 0.717) is 12.0 Å². The minimum absolute atomic E-state index is 0.300. The number of carbonyl (C=O) groups excluding carboxylic acids is 1. The third-order valence-electron chi connectivity index (χ3n) is 1.96. The zero-order valence-corrected chi connectivity index (χ0v) is 7.77. The number of carbonyl (C=O) groups is 2. The minimum atomic E-state index is -0.915. The van der Waals surface area contributed by atoms with Crippen LogP contribution in [0.5, 0.6) is 0 Å². The fourth-order valence-corrected chi connectivity index (χ4v) is 1.25. The fourth-order valence-electron chi connectivity index (χ4n) is 1.25. The smallest absolute Gasteiger partial charge is 0.335 e. The Kier molecular flexibility index (Phi) is 3.85. The van der Waals surface area contributed by atoms with E-state index in [1.165, 1.54) is 0 Å². The lowest BCUT2D eigenvalue weighted by atomic mass is 10.1. The summed E-state index contributed by atoms with van der Waals surface area (Å²) in [6, 6.07) is 6.80. The molecule has 3 heteroatoms. The molecule has 0 amide bonds. The molecule has 0 aromatic heterocycles. The summed E-state index contributed by atoms with van der Waals surface area (Å²) >= 11 is 0. The molecule has 0 spiro atoms. The highest BCUT2D eigenvalue weighted by molar-refractivity contribution is 5.87. The lowest BCUT2D eigenvalue weighted by Gasteiger charge is -2.00. The molecule has 0 unspecified atom stereocenters. The molecule has 1 rings (SSSR count). The van der Waals surface area contributed by atoms with Gasteiger partial charge < -0.3 is 9.90 Å². The lowest BCUT2D eigenvalue weighted by molar-refractivity contribution is -0.107. The normalized spacial score (nSPS) is 9.71. The van der Waals surface area contributed by atoms with Crippen LogP contribution in [0.4, 0.5) is 0 Å². The third-order valence-corrected chi connectivity index (χ3v) is 1.96. The third kappa shape index (κ3) is 3.01. The monoisotopic (exact) mass is 192 g/mol. The highest BCUT2D eigenvalue weighted by atomic mass is 16.4. The molecule has 1 N–H and O–H groups in total. The summed E-state index contributed by atoms with van der Waals surface area (Å²) in [5.41, 5.74) is 1.26. The van der Waals surface area contributed by atoms with Crippen LogP contribution in [0.3, 0.4) is 0 Å². The van der Waals surface area contributed by atoms with Gasteiger partial charge in [0.15, 0.2) is 0 Å². The first-order valence-electron chi connectivity index (χ1n) is 4.50. The van der Waals surface area contributed by atoms with Crippen LogP contribution >= 0.6 is 0 Å². The van der Waals surface area contributed by atoms with Crippen LogP contribution in [-0.2, 0) is 11.2 Å². The molecule has 0 radical (unpaired) electrons. The number of benzene rings is 1. The van der Waals surface area contributed by atoms with Crippen molar-refractivity contribution in [1.29, 1.82) is 0 Å². The number of hydrogen-bond acceptors (Lipinski definition) is 2.